The molecule has 2 aromatic rings. The van der Waals surface area contributed by atoms with Gasteiger partial charge in [0.1, 0.15) is 0 Å². The lowest BCUT2D eigenvalue weighted by Crippen LogP contribution is -2.51. The molecular formula is C24H25F6N3O3. The number of hydrogen-bond donors (Lipinski definition) is 1. The van der Waals surface area contributed by atoms with Crippen LogP contribution in [0.1, 0.15) is 54.6 Å². The van der Waals surface area contributed by atoms with Crippen molar-refractivity contribution in [3.05, 3.63) is 65.0 Å². The maximum atomic E-state index is 13.6. The van der Waals surface area contributed by atoms with Crippen molar-refractivity contribution in [2.75, 3.05) is 19.7 Å². The zero-order chi connectivity index (χ0) is 26.5. The average molecular weight is 517 g/mol. The average Bonchev–Trinajstić information content (AvgIpc) is 2.78. The first kappa shape index (κ1) is 27.3. The van der Waals surface area contributed by atoms with Gasteiger partial charge in [0.15, 0.2) is 0 Å². The van der Waals surface area contributed by atoms with Gasteiger partial charge in [0, 0.05) is 31.6 Å². The Bertz CT molecular complexity index is 1050. The smallest absolute Gasteiger partial charge is 0.418 e. The lowest BCUT2D eigenvalue weighted by molar-refractivity contribution is -0.139. The van der Waals surface area contributed by atoms with Crippen LogP contribution >= 0.6 is 0 Å². The fourth-order valence-corrected chi connectivity index (χ4v) is 3.79. The molecule has 1 aliphatic rings. The van der Waals surface area contributed by atoms with E-state index in [2.05, 4.69) is 10.3 Å². The fourth-order valence-electron chi connectivity index (χ4n) is 3.79. The van der Waals surface area contributed by atoms with E-state index in [4.69, 9.17) is 4.74 Å². The summed E-state index contributed by atoms with van der Waals surface area (Å²) in [6.07, 6.45) is -7.32. The van der Waals surface area contributed by atoms with Crippen molar-refractivity contribution in [2.45, 2.75) is 44.6 Å². The highest BCUT2D eigenvalue weighted by Crippen LogP contribution is 2.36. The summed E-state index contributed by atoms with van der Waals surface area (Å²) >= 11 is 0. The molecular weight excluding hydrogens is 492 g/mol. The van der Waals surface area contributed by atoms with Gasteiger partial charge < -0.3 is 15.0 Å². The first-order valence-corrected chi connectivity index (χ1v) is 11.3. The van der Waals surface area contributed by atoms with Crippen molar-refractivity contribution >= 4 is 12.0 Å². The summed E-state index contributed by atoms with van der Waals surface area (Å²) < 4.78 is 84.9. The zero-order valence-corrected chi connectivity index (χ0v) is 19.3. The Balaban J connectivity index is 1.75. The zero-order valence-electron chi connectivity index (χ0n) is 19.3. The summed E-state index contributed by atoms with van der Waals surface area (Å²) in [5, 5.41) is 2.49. The standard InChI is InChI=1S/C24H25F6N3O3/c1-2-3-11-36-22(35)33-13-15(14-33)12-19(34)32-20(16-6-8-17(9-7-16)23(25,26)27)21-18(24(28,29)30)5-4-10-31-21/h4-10,15,20H,2-3,11-14H2,1H3,(H,32,34). The van der Waals surface area contributed by atoms with Gasteiger partial charge in [-0.1, -0.05) is 25.5 Å². The van der Waals surface area contributed by atoms with Crippen LogP contribution in [-0.2, 0) is 21.9 Å². The quantitative estimate of drug-likeness (QED) is 0.367. The molecule has 196 valence electrons. The van der Waals surface area contributed by atoms with Crippen molar-refractivity contribution < 1.29 is 40.7 Å². The van der Waals surface area contributed by atoms with Gasteiger partial charge >= 0.3 is 18.4 Å². The largest absolute Gasteiger partial charge is 0.449 e. The number of ether oxygens (including phenoxy) is 1. The highest BCUT2D eigenvalue weighted by molar-refractivity contribution is 5.78. The Hall–Kier alpha value is -3.31. The van der Waals surface area contributed by atoms with Gasteiger partial charge in [-0.2, -0.15) is 26.3 Å². The van der Waals surface area contributed by atoms with E-state index in [0.717, 1.165) is 55.4 Å². The molecule has 1 N–H and O–H groups in total. The van der Waals surface area contributed by atoms with Gasteiger partial charge in [0.25, 0.3) is 0 Å². The van der Waals surface area contributed by atoms with Gasteiger partial charge in [-0.15, -0.1) is 0 Å². The van der Waals surface area contributed by atoms with E-state index in [-0.39, 0.29) is 37.6 Å². The lowest BCUT2D eigenvalue weighted by Gasteiger charge is -2.38. The van der Waals surface area contributed by atoms with Crippen molar-refractivity contribution in [1.82, 2.24) is 15.2 Å². The maximum absolute atomic E-state index is 13.6. The van der Waals surface area contributed by atoms with Gasteiger partial charge in [0.2, 0.25) is 5.91 Å². The van der Waals surface area contributed by atoms with Crippen LogP contribution in [0.5, 0.6) is 0 Å². The van der Waals surface area contributed by atoms with Crippen molar-refractivity contribution in [2.24, 2.45) is 5.92 Å². The molecule has 12 heteroatoms. The number of alkyl halides is 6. The van der Waals surface area contributed by atoms with Crippen LogP contribution in [0.3, 0.4) is 0 Å². The number of likely N-dealkylation sites (tertiary alicyclic amines) is 1. The molecule has 0 saturated carbocycles. The SMILES string of the molecule is CCCCOC(=O)N1CC(CC(=O)NC(c2ccc(C(F)(F)F)cc2)c2ncccc2C(F)(F)F)C1. The van der Waals surface area contributed by atoms with Crippen LogP contribution in [0, 0.1) is 5.92 Å². The second-order valence-electron chi connectivity index (χ2n) is 8.50. The Morgan fingerprint density at radius 1 is 1.08 bits per heavy atom. The number of carbonyl (C=O) groups excluding carboxylic acids is 2. The maximum Gasteiger partial charge on any atom is 0.418 e. The Labute approximate surface area is 203 Å². The molecule has 1 atom stereocenters. The molecule has 2 heterocycles. The second kappa shape index (κ2) is 11.2. The normalized spacial score (nSPS) is 15.2. The molecule has 0 bridgehead atoms. The molecule has 0 radical (unpaired) electrons. The molecule has 36 heavy (non-hydrogen) atoms. The van der Waals surface area contributed by atoms with Crippen LogP contribution in [-0.4, -0.2) is 41.6 Å². The van der Waals surface area contributed by atoms with Gasteiger partial charge in [-0.05, 0) is 36.2 Å². The van der Waals surface area contributed by atoms with Crippen molar-refractivity contribution in [1.29, 1.82) is 0 Å². The molecule has 1 aliphatic heterocycles. The molecule has 0 spiro atoms. The van der Waals surface area contributed by atoms with Crippen LogP contribution in [0.4, 0.5) is 31.1 Å². The van der Waals surface area contributed by atoms with Gasteiger partial charge in [-0.25, -0.2) is 4.79 Å². The number of benzene rings is 1. The van der Waals surface area contributed by atoms with E-state index >= 15 is 0 Å². The number of halogens is 6. The Morgan fingerprint density at radius 2 is 1.75 bits per heavy atom. The number of amides is 2. The predicted octanol–water partition coefficient (Wildman–Crippen LogP) is 5.58. The molecule has 1 fully saturated rings. The highest BCUT2D eigenvalue weighted by atomic mass is 19.4. The molecule has 1 saturated heterocycles. The molecule has 1 aromatic heterocycles. The number of rotatable bonds is 8. The third-order valence-corrected chi connectivity index (χ3v) is 5.71. The Kier molecular flexibility index (Phi) is 8.47. The van der Waals surface area contributed by atoms with Gasteiger partial charge in [-0.3, -0.25) is 9.78 Å². The van der Waals surface area contributed by atoms with Crippen molar-refractivity contribution in [3.63, 3.8) is 0 Å². The number of carbonyl (C=O) groups is 2. The molecule has 2 amide bonds. The topological polar surface area (TPSA) is 71.5 Å². The van der Waals surface area contributed by atoms with Crippen LogP contribution in [0.2, 0.25) is 0 Å². The summed E-state index contributed by atoms with van der Waals surface area (Å²) in [4.78, 5) is 29.9. The monoisotopic (exact) mass is 517 g/mol. The van der Waals surface area contributed by atoms with E-state index < -0.39 is 47.2 Å². The number of hydrogen-bond acceptors (Lipinski definition) is 4. The number of nitrogens with zero attached hydrogens (tertiary/aromatic N) is 2. The molecule has 1 unspecified atom stereocenters. The first-order valence-electron chi connectivity index (χ1n) is 11.3. The minimum atomic E-state index is -4.80. The lowest BCUT2D eigenvalue weighted by atomic mass is 9.94. The second-order valence-corrected chi connectivity index (χ2v) is 8.50. The summed E-state index contributed by atoms with van der Waals surface area (Å²) in [7, 11) is 0. The predicted molar refractivity (Wildman–Crippen MR) is 117 cm³/mol. The molecule has 0 aliphatic carbocycles. The summed E-state index contributed by atoms with van der Waals surface area (Å²) in [5.41, 5.74) is -2.61. The number of unbranched alkanes of at least 4 members (excludes halogenated alkanes) is 1. The number of aromatic nitrogens is 1. The van der Waals surface area contributed by atoms with Crippen LogP contribution in [0.25, 0.3) is 0 Å². The van der Waals surface area contributed by atoms with Crippen LogP contribution < -0.4 is 5.32 Å². The minimum Gasteiger partial charge on any atom is -0.449 e. The Morgan fingerprint density at radius 3 is 2.33 bits per heavy atom. The number of pyridine rings is 1. The van der Waals surface area contributed by atoms with E-state index in [1.54, 1.807) is 0 Å². The van der Waals surface area contributed by atoms with Gasteiger partial charge in [0.05, 0.1) is 29.5 Å². The fraction of sp³-hybridized carbons (Fsp3) is 0.458. The summed E-state index contributed by atoms with van der Waals surface area (Å²) in [5.74, 6) is -0.856. The third kappa shape index (κ3) is 6.88. The van der Waals surface area contributed by atoms with E-state index in [0.29, 0.717) is 0 Å². The van der Waals surface area contributed by atoms with E-state index in [9.17, 15) is 35.9 Å². The highest BCUT2D eigenvalue weighted by Gasteiger charge is 2.38. The van der Waals surface area contributed by atoms with E-state index in [1.807, 2.05) is 6.92 Å². The molecule has 6 nitrogen and oxygen atoms in total. The third-order valence-electron chi connectivity index (χ3n) is 5.71. The van der Waals surface area contributed by atoms with E-state index in [1.165, 1.54) is 4.90 Å². The molecule has 1 aromatic carbocycles. The summed E-state index contributed by atoms with van der Waals surface area (Å²) in [6.45, 7) is 2.74. The van der Waals surface area contributed by atoms with Crippen molar-refractivity contribution in [3.8, 4) is 0 Å². The van der Waals surface area contributed by atoms with Crippen LogP contribution in [0.15, 0.2) is 42.6 Å². The number of nitrogens with one attached hydrogen (secondary N) is 1. The minimum absolute atomic E-state index is 0.00953. The molecule has 3 rings (SSSR count). The summed E-state index contributed by atoms with van der Waals surface area (Å²) in [6, 6.07) is 3.94. The first-order chi connectivity index (χ1) is 16.9.